The van der Waals surface area contributed by atoms with E-state index in [0.717, 1.165) is 44.3 Å². The van der Waals surface area contributed by atoms with Gasteiger partial charge in [0.1, 0.15) is 0 Å². The van der Waals surface area contributed by atoms with Crippen LogP contribution in [-0.4, -0.2) is 42.5 Å². The Hall–Kier alpha value is -2.86. The summed E-state index contributed by atoms with van der Waals surface area (Å²) < 4.78 is 11.7. The van der Waals surface area contributed by atoms with Crippen LogP contribution in [0, 0.1) is 17.8 Å². The normalized spacial score (nSPS) is 30.6. The van der Waals surface area contributed by atoms with E-state index in [-0.39, 0.29) is 29.4 Å². The van der Waals surface area contributed by atoms with Gasteiger partial charge < -0.3 is 19.4 Å². The second-order valence-electron chi connectivity index (χ2n) is 10.3. The second kappa shape index (κ2) is 8.42. The molecule has 1 saturated heterocycles. The van der Waals surface area contributed by atoms with Crippen LogP contribution in [0.15, 0.2) is 59.2 Å². The van der Waals surface area contributed by atoms with Gasteiger partial charge in [0.05, 0.1) is 18.4 Å². The van der Waals surface area contributed by atoms with E-state index in [9.17, 15) is 9.59 Å². The minimum absolute atomic E-state index is 0.155. The van der Waals surface area contributed by atoms with Crippen molar-refractivity contribution in [2.75, 3.05) is 19.7 Å². The predicted octanol–water partition coefficient (Wildman–Crippen LogP) is 4.24. The zero-order chi connectivity index (χ0) is 23.3. The Bertz CT molecular complexity index is 1100. The number of likely N-dealkylation sites (tertiary alicyclic amines) is 1. The number of piperidine rings is 1. The van der Waals surface area contributed by atoms with Gasteiger partial charge in [-0.3, -0.25) is 9.59 Å². The highest BCUT2D eigenvalue weighted by Gasteiger charge is 2.55. The van der Waals surface area contributed by atoms with Crippen LogP contribution in [0.3, 0.4) is 0 Å². The third kappa shape index (κ3) is 3.34. The van der Waals surface area contributed by atoms with Crippen molar-refractivity contribution in [1.82, 2.24) is 10.2 Å². The monoisotopic (exact) mass is 460 g/mol. The molecule has 6 nitrogen and oxygen atoms in total. The lowest BCUT2D eigenvalue weighted by molar-refractivity contribution is -0.139. The molecule has 0 radical (unpaired) electrons. The van der Waals surface area contributed by atoms with Crippen LogP contribution in [0.1, 0.15) is 60.3 Å². The molecule has 5 atom stereocenters. The van der Waals surface area contributed by atoms with Crippen molar-refractivity contribution in [1.29, 1.82) is 0 Å². The van der Waals surface area contributed by atoms with Crippen molar-refractivity contribution < 1.29 is 18.7 Å². The summed E-state index contributed by atoms with van der Waals surface area (Å²) in [6.07, 6.45) is 9.70. The van der Waals surface area contributed by atoms with Gasteiger partial charge in [-0.25, -0.2) is 0 Å². The maximum Gasteiger partial charge on any atom is 0.287 e. The minimum atomic E-state index is -0.258. The molecule has 4 aliphatic rings. The van der Waals surface area contributed by atoms with Gasteiger partial charge in [-0.15, -0.1) is 0 Å². The SMILES string of the molecule is CCO[C@@H]1[C@@H](NC(=O)c2ccco2)c2ccccc2C12CCN(C(=O)[C@@H]1C[C@H]3C=C[C@@H]1C3)CC2. The minimum Gasteiger partial charge on any atom is -0.459 e. The maximum absolute atomic E-state index is 13.4. The standard InChI is InChI=1S/C28H32N2O4/c1-2-33-25-24(29-26(31)23-8-5-15-34-23)20-6-3-4-7-22(20)28(25)11-13-30(14-12-28)27(32)21-17-18-9-10-19(21)16-18/h3-10,15,18-19,21,24-25H,2,11-14,16-17H2,1H3,(H,29,31)/t18-,19+,21+,24-,25+/m0/s1. The largest absolute Gasteiger partial charge is 0.459 e. The lowest BCUT2D eigenvalue weighted by Gasteiger charge is -2.45. The summed E-state index contributed by atoms with van der Waals surface area (Å²) in [6.45, 7) is 4.03. The first-order chi connectivity index (χ1) is 16.6. The first kappa shape index (κ1) is 21.7. The third-order valence-electron chi connectivity index (χ3n) is 8.62. The lowest BCUT2D eigenvalue weighted by atomic mass is 9.71. The number of carbonyl (C=O) groups is 2. The van der Waals surface area contributed by atoms with Crippen LogP contribution in [0.5, 0.6) is 0 Å². The van der Waals surface area contributed by atoms with Crippen LogP contribution >= 0.6 is 0 Å². The molecule has 178 valence electrons. The summed E-state index contributed by atoms with van der Waals surface area (Å²) in [4.78, 5) is 28.4. The van der Waals surface area contributed by atoms with Gasteiger partial charge in [0.2, 0.25) is 5.91 Å². The molecular weight excluding hydrogens is 428 g/mol. The Morgan fingerprint density at radius 1 is 1.12 bits per heavy atom. The number of amides is 2. The first-order valence-corrected chi connectivity index (χ1v) is 12.6. The summed E-state index contributed by atoms with van der Waals surface area (Å²) in [5.74, 6) is 1.57. The summed E-state index contributed by atoms with van der Waals surface area (Å²) in [7, 11) is 0. The van der Waals surface area contributed by atoms with Crippen molar-refractivity contribution in [2.45, 2.75) is 50.2 Å². The molecule has 2 bridgehead atoms. The van der Waals surface area contributed by atoms with Gasteiger partial charge in [-0.1, -0.05) is 36.4 Å². The van der Waals surface area contributed by atoms with Gasteiger partial charge in [-0.05, 0) is 67.7 Å². The van der Waals surface area contributed by atoms with Crippen LogP contribution in [0.25, 0.3) is 0 Å². The smallest absolute Gasteiger partial charge is 0.287 e. The number of carbonyl (C=O) groups excluding carboxylic acids is 2. The topological polar surface area (TPSA) is 71.8 Å². The van der Waals surface area contributed by atoms with Crippen LogP contribution in [0.4, 0.5) is 0 Å². The second-order valence-corrected chi connectivity index (χ2v) is 10.3. The fourth-order valence-corrected chi connectivity index (χ4v) is 7.05. The molecule has 1 aromatic carbocycles. The average Bonchev–Trinajstić information content (AvgIpc) is 3.67. The number of nitrogens with zero attached hydrogens (tertiary/aromatic N) is 1. The molecule has 1 spiro atoms. The molecule has 1 aromatic heterocycles. The highest BCUT2D eigenvalue weighted by atomic mass is 16.5. The Labute approximate surface area is 200 Å². The van der Waals surface area contributed by atoms with Crippen LogP contribution < -0.4 is 5.32 Å². The Kier molecular flexibility index (Phi) is 5.36. The fourth-order valence-electron chi connectivity index (χ4n) is 7.05. The number of allylic oxidation sites excluding steroid dienone is 2. The summed E-state index contributed by atoms with van der Waals surface area (Å²) in [5, 5.41) is 3.20. The number of benzene rings is 1. The first-order valence-electron chi connectivity index (χ1n) is 12.6. The van der Waals surface area contributed by atoms with E-state index in [1.807, 2.05) is 13.0 Å². The van der Waals surface area contributed by atoms with Crippen LogP contribution in [-0.2, 0) is 14.9 Å². The predicted molar refractivity (Wildman–Crippen MR) is 127 cm³/mol. The fraction of sp³-hybridized carbons (Fsp3) is 0.500. The van der Waals surface area contributed by atoms with Gasteiger partial charge in [0.25, 0.3) is 5.91 Å². The number of nitrogens with one attached hydrogen (secondary N) is 1. The summed E-state index contributed by atoms with van der Waals surface area (Å²) >= 11 is 0. The third-order valence-corrected chi connectivity index (χ3v) is 8.62. The van der Waals surface area contributed by atoms with E-state index in [4.69, 9.17) is 9.15 Å². The lowest BCUT2D eigenvalue weighted by Crippen LogP contribution is -2.53. The molecule has 2 amide bonds. The average molecular weight is 461 g/mol. The number of furan rings is 1. The number of fused-ring (bicyclic) bond motifs is 4. The molecule has 0 unspecified atom stereocenters. The highest BCUT2D eigenvalue weighted by molar-refractivity contribution is 5.91. The van der Waals surface area contributed by atoms with E-state index < -0.39 is 0 Å². The molecule has 1 aliphatic heterocycles. The number of rotatable bonds is 5. The van der Waals surface area contributed by atoms with Crippen molar-refractivity contribution in [3.63, 3.8) is 0 Å². The van der Waals surface area contributed by atoms with E-state index in [0.29, 0.717) is 30.1 Å². The van der Waals surface area contributed by atoms with E-state index in [2.05, 4.69) is 40.6 Å². The Morgan fingerprint density at radius 2 is 1.94 bits per heavy atom. The molecule has 6 heteroatoms. The summed E-state index contributed by atoms with van der Waals surface area (Å²) in [5.41, 5.74) is 2.13. The number of hydrogen-bond donors (Lipinski definition) is 1. The van der Waals surface area contributed by atoms with Gasteiger partial charge in [0.15, 0.2) is 5.76 Å². The molecule has 6 rings (SSSR count). The highest BCUT2D eigenvalue weighted by Crippen LogP contribution is 2.53. The van der Waals surface area contributed by atoms with Gasteiger partial charge in [-0.2, -0.15) is 0 Å². The molecule has 2 aromatic rings. The molecule has 34 heavy (non-hydrogen) atoms. The molecule has 2 fully saturated rings. The van der Waals surface area contributed by atoms with Gasteiger partial charge >= 0.3 is 0 Å². The quantitative estimate of drug-likeness (QED) is 0.678. The molecule has 3 aliphatic carbocycles. The number of ether oxygens (including phenoxy) is 1. The van der Waals surface area contributed by atoms with Crippen LogP contribution in [0.2, 0.25) is 0 Å². The van der Waals surface area contributed by atoms with Crippen molar-refractivity contribution in [3.8, 4) is 0 Å². The van der Waals surface area contributed by atoms with Crippen molar-refractivity contribution in [2.24, 2.45) is 17.8 Å². The molecule has 2 heterocycles. The van der Waals surface area contributed by atoms with Gasteiger partial charge in [0, 0.05) is 31.0 Å². The number of hydrogen-bond acceptors (Lipinski definition) is 4. The van der Waals surface area contributed by atoms with E-state index in [1.165, 1.54) is 11.8 Å². The zero-order valence-electron chi connectivity index (χ0n) is 19.6. The Balaban J connectivity index is 1.25. The molecule has 1 N–H and O–H groups in total. The van der Waals surface area contributed by atoms with E-state index in [1.54, 1.807) is 12.1 Å². The van der Waals surface area contributed by atoms with Crippen molar-refractivity contribution in [3.05, 3.63) is 71.7 Å². The molecule has 1 saturated carbocycles. The Morgan fingerprint density at radius 3 is 2.62 bits per heavy atom. The molecular formula is C28H32N2O4. The zero-order valence-corrected chi connectivity index (χ0v) is 19.6. The van der Waals surface area contributed by atoms with E-state index >= 15 is 0 Å². The van der Waals surface area contributed by atoms with Crippen molar-refractivity contribution >= 4 is 11.8 Å². The maximum atomic E-state index is 13.4. The summed E-state index contributed by atoms with van der Waals surface area (Å²) in [6, 6.07) is 11.5.